The number of ether oxygens (including phenoxy) is 1. The second-order valence-electron chi connectivity index (χ2n) is 4.78. The molecule has 1 aromatic carbocycles. The summed E-state index contributed by atoms with van der Waals surface area (Å²) < 4.78 is 43.9. The minimum absolute atomic E-state index is 0.0137. The lowest BCUT2D eigenvalue weighted by Gasteiger charge is -2.14. The Morgan fingerprint density at radius 1 is 1.32 bits per heavy atom. The van der Waals surface area contributed by atoms with Gasteiger partial charge in [-0.15, -0.1) is 0 Å². The molecule has 0 spiro atoms. The zero-order chi connectivity index (χ0) is 18.6. The van der Waals surface area contributed by atoms with Crippen molar-refractivity contribution in [3.8, 4) is 16.9 Å². The van der Waals surface area contributed by atoms with E-state index in [0.717, 1.165) is 6.07 Å². The first-order chi connectivity index (χ1) is 11.8. The highest BCUT2D eigenvalue weighted by atomic mass is 35.5. The molecule has 0 bridgehead atoms. The molecule has 0 aliphatic carbocycles. The summed E-state index contributed by atoms with van der Waals surface area (Å²) >= 11 is 11.9. The second kappa shape index (κ2) is 8.26. The SMILES string of the molecule is O=C(O)NCc1ncc(-c2cc(Cl)cc(Cl)c2OCC(F)F)cc1F. The van der Waals surface area contributed by atoms with E-state index in [9.17, 15) is 18.0 Å². The lowest BCUT2D eigenvalue weighted by atomic mass is 10.1. The number of pyridine rings is 1. The van der Waals surface area contributed by atoms with E-state index in [1.165, 1.54) is 18.3 Å². The molecular weight excluding hydrogens is 384 g/mol. The van der Waals surface area contributed by atoms with Crippen LogP contribution in [-0.4, -0.2) is 29.2 Å². The molecule has 10 heteroatoms. The third kappa shape index (κ3) is 5.14. The maximum atomic E-state index is 14.1. The molecule has 2 rings (SSSR count). The first kappa shape index (κ1) is 19.1. The van der Waals surface area contributed by atoms with Gasteiger partial charge in [0.25, 0.3) is 6.43 Å². The molecule has 0 saturated heterocycles. The topological polar surface area (TPSA) is 71.5 Å². The fraction of sp³-hybridized carbons (Fsp3) is 0.200. The number of carbonyl (C=O) groups is 1. The fourth-order valence-electron chi connectivity index (χ4n) is 1.97. The minimum atomic E-state index is -2.72. The standard InChI is InChI=1S/C15H11Cl2F3N2O3/c16-8-2-9(14(10(17)3-8)25-6-13(19)20)7-1-11(18)12(21-4-7)5-22-15(23)24/h1-4,13,22H,5-6H2,(H,23,24). The number of hydrogen-bond acceptors (Lipinski definition) is 3. The highest BCUT2D eigenvalue weighted by Gasteiger charge is 2.17. The number of halogens is 5. The van der Waals surface area contributed by atoms with E-state index in [4.69, 9.17) is 33.0 Å². The van der Waals surface area contributed by atoms with Gasteiger partial charge in [0, 0.05) is 22.3 Å². The Kier molecular flexibility index (Phi) is 6.33. The van der Waals surface area contributed by atoms with E-state index >= 15 is 0 Å². The average Bonchev–Trinajstić information content (AvgIpc) is 2.51. The Labute approximate surface area is 150 Å². The first-order valence-electron chi connectivity index (χ1n) is 6.79. The Morgan fingerprint density at radius 3 is 2.64 bits per heavy atom. The number of amides is 1. The second-order valence-corrected chi connectivity index (χ2v) is 5.62. The Bertz CT molecular complexity index is 791. The van der Waals surface area contributed by atoms with Crippen LogP contribution in [-0.2, 0) is 6.54 Å². The Hall–Kier alpha value is -2.19. The van der Waals surface area contributed by atoms with Crippen LogP contribution in [0.5, 0.6) is 5.75 Å². The van der Waals surface area contributed by atoms with Crippen molar-refractivity contribution in [2.24, 2.45) is 0 Å². The van der Waals surface area contributed by atoms with E-state index in [1.807, 2.05) is 5.32 Å². The molecule has 0 fully saturated rings. The summed E-state index contributed by atoms with van der Waals surface area (Å²) in [6.07, 6.45) is -2.81. The number of aromatic nitrogens is 1. The van der Waals surface area contributed by atoms with Crippen molar-refractivity contribution in [2.75, 3.05) is 6.61 Å². The third-order valence-electron chi connectivity index (χ3n) is 3.00. The lowest BCUT2D eigenvalue weighted by Crippen LogP contribution is -2.21. The average molecular weight is 395 g/mol. The summed E-state index contributed by atoms with van der Waals surface area (Å²) in [6, 6.07) is 3.74. The zero-order valence-corrected chi connectivity index (χ0v) is 13.9. The lowest BCUT2D eigenvalue weighted by molar-refractivity contribution is 0.0822. The highest BCUT2D eigenvalue weighted by molar-refractivity contribution is 6.36. The molecule has 0 radical (unpaired) electrons. The van der Waals surface area contributed by atoms with Gasteiger partial charge in [-0.25, -0.2) is 18.0 Å². The molecular formula is C15H11Cl2F3N2O3. The number of benzene rings is 1. The van der Waals surface area contributed by atoms with Gasteiger partial charge in [-0.1, -0.05) is 23.2 Å². The van der Waals surface area contributed by atoms with E-state index in [-0.39, 0.29) is 39.2 Å². The van der Waals surface area contributed by atoms with Crippen LogP contribution in [0.3, 0.4) is 0 Å². The van der Waals surface area contributed by atoms with Gasteiger partial charge < -0.3 is 15.2 Å². The number of carboxylic acid groups (broad SMARTS) is 1. The maximum Gasteiger partial charge on any atom is 0.404 e. The Balaban J connectivity index is 2.40. The molecule has 0 aliphatic heterocycles. The van der Waals surface area contributed by atoms with Gasteiger partial charge in [-0.3, -0.25) is 4.98 Å². The van der Waals surface area contributed by atoms with Crippen molar-refractivity contribution >= 4 is 29.3 Å². The minimum Gasteiger partial charge on any atom is -0.485 e. The number of hydrogen-bond donors (Lipinski definition) is 2. The number of rotatable bonds is 6. The molecule has 0 atom stereocenters. The van der Waals surface area contributed by atoms with E-state index in [2.05, 4.69) is 4.98 Å². The van der Waals surface area contributed by atoms with Gasteiger partial charge in [-0.05, 0) is 18.2 Å². The summed E-state index contributed by atoms with van der Waals surface area (Å²) in [5.74, 6) is -0.869. The molecule has 25 heavy (non-hydrogen) atoms. The summed E-state index contributed by atoms with van der Waals surface area (Å²) in [4.78, 5) is 14.3. The van der Waals surface area contributed by atoms with Gasteiger partial charge in [0.1, 0.15) is 18.2 Å². The van der Waals surface area contributed by atoms with Crippen molar-refractivity contribution < 1.29 is 27.8 Å². The molecule has 2 aromatic rings. The van der Waals surface area contributed by atoms with Crippen molar-refractivity contribution in [1.82, 2.24) is 10.3 Å². The normalized spacial score (nSPS) is 10.8. The molecule has 1 aromatic heterocycles. The van der Waals surface area contributed by atoms with Gasteiger partial charge in [-0.2, -0.15) is 0 Å². The Morgan fingerprint density at radius 2 is 2.04 bits per heavy atom. The predicted octanol–water partition coefficient (Wildman–Crippen LogP) is 4.61. The van der Waals surface area contributed by atoms with Crippen LogP contribution >= 0.6 is 23.2 Å². The van der Waals surface area contributed by atoms with Crippen LogP contribution in [0.15, 0.2) is 24.4 Å². The molecule has 134 valence electrons. The number of nitrogens with zero attached hydrogens (tertiary/aromatic N) is 1. The summed E-state index contributed by atoms with van der Waals surface area (Å²) in [6.45, 7) is -1.22. The quantitative estimate of drug-likeness (QED) is 0.750. The van der Waals surface area contributed by atoms with Crippen molar-refractivity contribution in [3.05, 3.63) is 46.0 Å². The van der Waals surface area contributed by atoms with Crippen LogP contribution in [0.4, 0.5) is 18.0 Å². The van der Waals surface area contributed by atoms with Crippen LogP contribution in [0.1, 0.15) is 5.69 Å². The van der Waals surface area contributed by atoms with E-state index in [0.29, 0.717) is 0 Å². The first-order valence-corrected chi connectivity index (χ1v) is 7.55. The zero-order valence-electron chi connectivity index (χ0n) is 12.4. The fourth-order valence-corrected chi connectivity index (χ4v) is 2.52. The number of nitrogens with one attached hydrogen (secondary N) is 1. The smallest absolute Gasteiger partial charge is 0.404 e. The van der Waals surface area contributed by atoms with Crippen LogP contribution < -0.4 is 10.1 Å². The van der Waals surface area contributed by atoms with Crippen LogP contribution in [0.2, 0.25) is 10.0 Å². The number of alkyl halides is 2. The monoisotopic (exact) mass is 394 g/mol. The summed E-state index contributed by atoms with van der Waals surface area (Å²) in [5.41, 5.74) is 0.238. The van der Waals surface area contributed by atoms with E-state index < -0.39 is 24.9 Å². The van der Waals surface area contributed by atoms with Crippen LogP contribution in [0.25, 0.3) is 11.1 Å². The van der Waals surface area contributed by atoms with Gasteiger partial charge >= 0.3 is 6.09 Å². The van der Waals surface area contributed by atoms with E-state index in [1.54, 1.807) is 0 Å². The molecule has 0 saturated carbocycles. The van der Waals surface area contributed by atoms with Crippen molar-refractivity contribution in [3.63, 3.8) is 0 Å². The largest absolute Gasteiger partial charge is 0.485 e. The molecule has 1 amide bonds. The maximum absolute atomic E-state index is 14.1. The summed E-state index contributed by atoms with van der Waals surface area (Å²) in [5, 5.41) is 10.7. The van der Waals surface area contributed by atoms with Crippen molar-refractivity contribution in [2.45, 2.75) is 13.0 Å². The van der Waals surface area contributed by atoms with Crippen molar-refractivity contribution in [1.29, 1.82) is 0 Å². The molecule has 5 nitrogen and oxygen atoms in total. The van der Waals surface area contributed by atoms with Crippen LogP contribution in [0, 0.1) is 5.82 Å². The van der Waals surface area contributed by atoms with Gasteiger partial charge in [0.2, 0.25) is 0 Å². The molecule has 1 heterocycles. The third-order valence-corrected chi connectivity index (χ3v) is 3.50. The molecule has 0 unspecified atom stereocenters. The van der Waals surface area contributed by atoms with Gasteiger partial charge in [0.05, 0.1) is 17.3 Å². The summed E-state index contributed by atoms with van der Waals surface area (Å²) in [7, 11) is 0. The molecule has 2 N–H and O–H groups in total. The van der Waals surface area contributed by atoms with Gasteiger partial charge in [0.15, 0.2) is 0 Å². The predicted molar refractivity (Wildman–Crippen MR) is 86.0 cm³/mol. The molecule has 0 aliphatic rings. The highest BCUT2D eigenvalue weighted by Crippen LogP contribution is 2.39.